The van der Waals surface area contributed by atoms with Gasteiger partial charge < -0.3 is 5.73 Å². The van der Waals surface area contributed by atoms with Crippen molar-refractivity contribution in [2.24, 2.45) is 5.73 Å². The summed E-state index contributed by atoms with van der Waals surface area (Å²) in [6.07, 6.45) is 0. The number of thiophene rings is 1. The Morgan fingerprint density at radius 1 is 1.20 bits per heavy atom. The fraction of sp³-hybridized carbons (Fsp3) is 0.167. The van der Waals surface area contributed by atoms with Crippen molar-refractivity contribution in [3.05, 3.63) is 57.8 Å². The number of aryl methyl sites for hydroxylation is 1. The van der Waals surface area contributed by atoms with E-state index in [0.29, 0.717) is 0 Å². The normalized spacial score (nSPS) is 11.9. The van der Waals surface area contributed by atoms with E-state index in [2.05, 4.69) is 35.9 Å². The van der Waals surface area contributed by atoms with E-state index in [1.54, 1.807) is 11.3 Å². The quantitative estimate of drug-likeness (QED) is 0.853. The van der Waals surface area contributed by atoms with Crippen LogP contribution in [0, 0.1) is 6.92 Å². The zero-order valence-electron chi connectivity index (χ0n) is 8.51. The van der Waals surface area contributed by atoms with Crippen LogP contribution in [0.1, 0.15) is 22.7 Å². The number of halogens is 1. The molecule has 0 amide bonds. The lowest BCUT2D eigenvalue weighted by Crippen LogP contribution is -2.12. The fourth-order valence-electron chi connectivity index (χ4n) is 1.57. The Morgan fingerprint density at radius 3 is 2.53 bits per heavy atom. The minimum absolute atomic E-state index is 0. The Hall–Kier alpha value is -0.830. The van der Waals surface area contributed by atoms with Crippen molar-refractivity contribution in [1.29, 1.82) is 0 Å². The Labute approximate surface area is 100 Å². The van der Waals surface area contributed by atoms with Crippen LogP contribution in [-0.2, 0) is 0 Å². The molecule has 15 heavy (non-hydrogen) atoms. The van der Waals surface area contributed by atoms with Crippen molar-refractivity contribution in [3.8, 4) is 0 Å². The second kappa shape index (κ2) is 5.31. The third-order valence-corrected chi connectivity index (χ3v) is 3.13. The summed E-state index contributed by atoms with van der Waals surface area (Å²) < 4.78 is 0. The van der Waals surface area contributed by atoms with Crippen LogP contribution >= 0.6 is 23.7 Å². The van der Waals surface area contributed by atoms with Crippen LogP contribution in [0.2, 0.25) is 0 Å². The number of hydrogen-bond donors (Lipinski definition) is 1. The van der Waals surface area contributed by atoms with E-state index in [4.69, 9.17) is 5.73 Å². The zero-order chi connectivity index (χ0) is 9.97. The van der Waals surface area contributed by atoms with Gasteiger partial charge >= 0.3 is 0 Å². The van der Waals surface area contributed by atoms with Gasteiger partial charge in [0.2, 0.25) is 0 Å². The molecule has 1 atom stereocenters. The maximum Gasteiger partial charge on any atom is 0.0562 e. The topological polar surface area (TPSA) is 26.0 Å². The Bertz CT molecular complexity index is 411. The molecule has 3 heteroatoms. The van der Waals surface area contributed by atoms with Crippen LogP contribution in [0.4, 0.5) is 0 Å². The van der Waals surface area contributed by atoms with Gasteiger partial charge in [-0.1, -0.05) is 24.3 Å². The van der Waals surface area contributed by atoms with Gasteiger partial charge in [0.25, 0.3) is 0 Å². The third-order valence-electron chi connectivity index (χ3n) is 2.43. The van der Waals surface area contributed by atoms with Crippen LogP contribution in [0.15, 0.2) is 41.1 Å². The van der Waals surface area contributed by atoms with E-state index in [-0.39, 0.29) is 18.4 Å². The fourth-order valence-corrected chi connectivity index (χ4v) is 2.26. The van der Waals surface area contributed by atoms with Gasteiger partial charge in [0.15, 0.2) is 0 Å². The summed E-state index contributed by atoms with van der Waals surface area (Å²) >= 11 is 1.69. The van der Waals surface area contributed by atoms with E-state index in [9.17, 15) is 0 Å². The first-order chi connectivity index (χ1) is 6.79. The van der Waals surface area contributed by atoms with E-state index < -0.39 is 0 Å². The summed E-state index contributed by atoms with van der Waals surface area (Å²) in [5, 5.41) is 4.17. The molecule has 2 rings (SSSR count). The molecule has 0 radical (unpaired) electrons. The molecule has 1 aromatic carbocycles. The molecule has 80 valence electrons. The molecule has 0 bridgehead atoms. The van der Waals surface area contributed by atoms with Crippen molar-refractivity contribution >= 4 is 23.7 Å². The highest BCUT2D eigenvalue weighted by Gasteiger charge is 2.10. The Balaban J connectivity index is 0.00000112. The number of nitrogens with two attached hydrogens (primary N) is 1. The number of hydrogen-bond acceptors (Lipinski definition) is 2. The lowest BCUT2D eigenvalue weighted by molar-refractivity contribution is 0.867. The predicted octanol–water partition coefficient (Wildman–Crippen LogP) is 3.53. The van der Waals surface area contributed by atoms with Gasteiger partial charge in [-0.05, 0) is 40.4 Å². The average Bonchev–Trinajstić information content (AvgIpc) is 2.70. The van der Waals surface area contributed by atoms with E-state index in [0.717, 1.165) is 0 Å². The minimum Gasteiger partial charge on any atom is -0.320 e. The van der Waals surface area contributed by atoms with E-state index >= 15 is 0 Å². The van der Waals surface area contributed by atoms with Gasteiger partial charge in [0.1, 0.15) is 0 Å². The first-order valence-corrected chi connectivity index (χ1v) is 5.56. The lowest BCUT2D eigenvalue weighted by atomic mass is 9.98. The van der Waals surface area contributed by atoms with Gasteiger partial charge in [0.05, 0.1) is 6.04 Å². The highest BCUT2D eigenvalue weighted by molar-refractivity contribution is 7.08. The van der Waals surface area contributed by atoms with Gasteiger partial charge in [-0.25, -0.2) is 0 Å². The summed E-state index contributed by atoms with van der Waals surface area (Å²) in [6.45, 7) is 2.10. The molecule has 1 nitrogen and oxygen atoms in total. The second-order valence-electron chi connectivity index (χ2n) is 3.39. The zero-order valence-corrected chi connectivity index (χ0v) is 10.1. The Morgan fingerprint density at radius 2 is 1.93 bits per heavy atom. The van der Waals surface area contributed by atoms with Gasteiger partial charge in [0, 0.05) is 0 Å². The van der Waals surface area contributed by atoms with Crippen molar-refractivity contribution in [3.63, 3.8) is 0 Å². The minimum atomic E-state index is 0. The lowest BCUT2D eigenvalue weighted by Gasteiger charge is -2.12. The molecule has 0 saturated carbocycles. The molecule has 0 unspecified atom stereocenters. The van der Waals surface area contributed by atoms with E-state index in [1.807, 2.05) is 12.1 Å². The predicted molar refractivity (Wildman–Crippen MR) is 68.8 cm³/mol. The van der Waals surface area contributed by atoms with Gasteiger partial charge in [-0.15, -0.1) is 12.4 Å². The maximum absolute atomic E-state index is 6.17. The smallest absolute Gasteiger partial charge is 0.0562 e. The van der Waals surface area contributed by atoms with E-state index in [1.165, 1.54) is 16.7 Å². The monoisotopic (exact) mass is 239 g/mol. The van der Waals surface area contributed by atoms with Crippen LogP contribution in [0.25, 0.3) is 0 Å². The summed E-state index contributed by atoms with van der Waals surface area (Å²) in [7, 11) is 0. The first kappa shape index (κ1) is 12.2. The van der Waals surface area contributed by atoms with Crippen LogP contribution in [-0.4, -0.2) is 0 Å². The summed E-state index contributed by atoms with van der Waals surface area (Å²) in [4.78, 5) is 0. The van der Waals surface area contributed by atoms with Gasteiger partial charge in [-0.3, -0.25) is 0 Å². The Kier molecular flexibility index (Phi) is 4.33. The van der Waals surface area contributed by atoms with Crippen LogP contribution < -0.4 is 5.73 Å². The van der Waals surface area contributed by atoms with Crippen molar-refractivity contribution in [2.75, 3.05) is 0 Å². The number of rotatable bonds is 2. The SMILES string of the molecule is Cc1ccccc1[C@@H](N)c1ccsc1.Cl. The largest absolute Gasteiger partial charge is 0.320 e. The molecule has 0 spiro atoms. The van der Waals surface area contributed by atoms with Crippen molar-refractivity contribution < 1.29 is 0 Å². The molecule has 0 aliphatic heterocycles. The molecule has 0 saturated heterocycles. The number of benzene rings is 1. The highest BCUT2D eigenvalue weighted by Crippen LogP contribution is 2.23. The van der Waals surface area contributed by atoms with Crippen LogP contribution in [0.5, 0.6) is 0 Å². The van der Waals surface area contributed by atoms with Crippen LogP contribution in [0.3, 0.4) is 0 Å². The molecular formula is C12H14ClNS. The molecule has 1 aromatic heterocycles. The van der Waals surface area contributed by atoms with Gasteiger partial charge in [-0.2, -0.15) is 11.3 Å². The first-order valence-electron chi connectivity index (χ1n) is 4.62. The third kappa shape index (κ3) is 2.59. The summed E-state index contributed by atoms with van der Waals surface area (Å²) in [6, 6.07) is 10.4. The average molecular weight is 240 g/mol. The molecule has 1 heterocycles. The molecular weight excluding hydrogens is 226 g/mol. The molecule has 0 fully saturated rings. The second-order valence-corrected chi connectivity index (χ2v) is 4.17. The van der Waals surface area contributed by atoms with Crippen molar-refractivity contribution in [2.45, 2.75) is 13.0 Å². The molecule has 2 aromatic rings. The maximum atomic E-state index is 6.17. The molecule has 0 aliphatic carbocycles. The standard InChI is InChI=1S/C12H13NS.ClH/c1-9-4-2-3-5-11(9)12(13)10-6-7-14-8-10;/h2-8,12H,13H2,1H3;1H/t12-;/m0./s1. The van der Waals surface area contributed by atoms with Crippen molar-refractivity contribution in [1.82, 2.24) is 0 Å². The summed E-state index contributed by atoms with van der Waals surface area (Å²) in [5.41, 5.74) is 9.84. The highest BCUT2D eigenvalue weighted by atomic mass is 35.5. The summed E-state index contributed by atoms with van der Waals surface area (Å²) in [5.74, 6) is 0. The molecule has 2 N–H and O–H groups in total. The molecule has 0 aliphatic rings.